The quantitative estimate of drug-likeness (QED) is 0.863. The van der Waals surface area contributed by atoms with Gasteiger partial charge < -0.3 is 4.74 Å². The number of nitrogens with zero attached hydrogens (tertiary/aromatic N) is 3. The highest BCUT2D eigenvalue weighted by molar-refractivity contribution is 7.86. The van der Waals surface area contributed by atoms with Crippen molar-refractivity contribution in [1.29, 1.82) is 0 Å². The summed E-state index contributed by atoms with van der Waals surface area (Å²) in [6.45, 7) is 3.02. The first-order valence-electron chi connectivity index (χ1n) is 6.99. The Labute approximate surface area is 119 Å². The van der Waals surface area contributed by atoms with Gasteiger partial charge in [-0.15, -0.1) is 0 Å². The highest BCUT2D eigenvalue weighted by atomic mass is 32.2. The van der Waals surface area contributed by atoms with Crippen LogP contribution in [0.5, 0.6) is 0 Å². The fourth-order valence-electron chi connectivity index (χ4n) is 2.85. The van der Waals surface area contributed by atoms with Gasteiger partial charge in [-0.1, -0.05) is 0 Å². The van der Waals surface area contributed by atoms with E-state index in [1.165, 1.54) is 4.31 Å². The first-order chi connectivity index (χ1) is 9.68. The lowest BCUT2D eigenvalue weighted by molar-refractivity contribution is 0.0695. The second-order valence-corrected chi connectivity index (χ2v) is 7.18. The molecule has 7 nitrogen and oxygen atoms in total. The Bertz CT molecular complexity index is 525. The topological polar surface area (TPSA) is 78.5 Å². The van der Waals surface area contributed by atoms with Crippen molar-refractivity contribution in [3.8, 4) is 0 Å². The van der Waals surface area contributed by atoms with Crippen LogP contribution in [-0.4, -0.2) is 66.6 Å². The molecule has 1 aromatic heterocycles. The molecular formula is C12H20N4O3S. The van der Waals surface area contributed by atoms with Gasteiger partial charge in [0.1, 0.15) is 0 Å². The Morgan fingerprint density at radius 2 is 2.05 bits per heavy atom. The van der Waals surface area contributed by atoms with Crippen LogP contribution in [0.25, 0.3) is 0 Å². The third kappa shape index (κ3) is 2.73. The molecule has 0 aliphatic carbocycles. The standard InChI is InChI=1S/C12H20N4O3S/c17-20(18,15-4-6-19-7-5-15)16-3-1-2-11(10-16)12-8-13-14-9-12/h8-9,11H,1-7,10H2,(H,13,14)/t11-/m1/s1. The summed E-state index contributed by atoms with van der Waals surface area (Å²) in [6.07, 6.45) is 5.54. The average molecular weight is 300 g/mol. The van der Waals surface area contributed by atoms with Crippen LogP contribution in [-0.2, 0) is 14.9 Å². The highest BCUT2D eigenvalue weighted by Gasteiger charge is 2.34. The van der Waals surface area contributed by atoms with Crippen LogP contribution in [0.4, 0.5) is 0 Å². The van der Waals surface area contributed by atoms with Gasteiger partial charge in [0.2, 0.25) is 0 Å². The first kappa shape index (κ1) is 14.0. The van der Waals surface area contributed by atoms with Crippen molar-refractivity contribution in [3.63, 3.8) is 0 Å². The molecule has 2 fully saturated rings. The van der Waals surface area contributed by atoms with Crippen molar-refractivity contribution in [2.45, 2.75) is 18.8 Å². The highest BCUT2D eigenvalue weighted by Crippen LogP contribution is 2.28. The Morgan fingerprint density at radius 1 is 1.25 bits per heavy atom. The molecule has 0 spiro atoms. The van der Waals surface area contributed by atoms with Crippen LogP contribution in [0.1, 0.15) is 24.3 Å². The Morgan fingerprint density at radius 3 is 2.75 bits per heavy atom. The molecule has 20 heavy (non-hydrogen) atoms. The molecule has 2 saturated heterocycles. The maximum Gasteiger partial charge on any atom is 0.282 e. The molecule has 0 bridgehead atoms. The van der Waals surface area contributed by atoms with Gasteiger partial charge in [0.25, 0.3) is 10.2 Å². The smallest absolute Gasteiger partial charge is 0.282 e. The number of morpholine rings is 1. The van der Waals surface area contributed by atoms with Crippen molar-refractivity contribution in [2.24, 2.45) is 0 Å². The zero-order valence-corrected chi connectivity index (χ0v) is 12.2. The van der Waals surface area contributed by atoms with Crippen molar-refractivity contribution in [3.05, 3.63) is 18.0 Å². The van der Waals surface area contributed by atoms with Crippen LogP contribution >= 0.6 is 0 Å². The van der Waals surface area contributed by atoms with E-state index in [0.717, 1.165) is 18.4 Å². The fraction of sp³-hybridized carbons (Fsp3) is 0.750. The van der Waals surface area contributed by atoms with E-state index in [1.807, 2.05) is 6.20 Å². The second kappa shape index (κ2) is 5.80. The van der Waals surface area contributed by atoms with Gasteiger partial charge in [-0.05, 0) is 18.4 Å². The number of hydrogen-bond donors (Lipinski definition) is 1. The van der Waals surface area contributed by atoms with Crippen molar-refractivity contribution in [1.82, 2.24) is 18.8 Å². The zero-order valence-electron chi connectivity index (χ0n) is 11.4. The third-order valence-electron chi connectivity index (χ3n) is 4.00. The number of nitrogens with one attached hydrogen (secondary N) is 1. The molecule has 0 aromatic carbocycles. The Hall–Kier alpha value is -0.960. The third-order valence-corrected chi connectivity index (χ3v) is 6.00. The van der Waals surface area contributed by atoms with Crippen LogP contribution in [0.15, 0.2) is 12.4 Å². The number of rotatable bonds is 3. The van der Waals surface area contributed by atoms with Crippen LogP contribution in [0.2, 0.25) is 0 Å². The average Bonchev–Trinajstić information content (AvgIpc) is 3.03. The lowest BCUT2D eigenvalue weighted by Gasteiger charge is -2.36. The summed E-state index contributed by atoms with van der Waals surface area (Å²) in [5.41, 5.74) is 1.09. The van der Waals surface area contributed by atoms with Crippen LogP contribution in [0, 0.1) is 0 Å². The molecule has 1 atom stereocenters. The number of piperidine rings is 1. The normalized spacial score (nSPS) is 26.7. The Balaban J connectivity index is 1.72. The number of aromatic amines is 1. The molecule has 3 heterocycles. The number of ether oxygens (including phenoxy) is 1. The van der Waals surface area contributed by atoms with Crippen molar-refractivity contribution < 1.29 is 13.2 Å². The van der Waals surface area contributed by atoms with Gasteiger partial charge in [-0.25, -0.2) is 0 Å². The molecule has 112 valence electrons. The molecule has 2 aliphatic rings. The SMILES string of the molecule is O=S(=O)(N1CCOCC1)N1CCC[C@@H](c2cn[nH]c2)C1. The molecule has 0 radical (unpaired) electrons. The monoisotopic (exact) mass is 300 g/mol. The lowest BCUT2D eigenvalue weighted by Crippen LogP contribution is -2.50. The molecule has 8 heteroatoms. The van der Waals surface area contributed by atoms with Gasteiger partial charge in [-0.3, -0.25) is 5.10 Å². The lowest BCUT2D eigenvalue weighted by atomic mass is 9.94. The van der Waals surface area contributed by atoms with Gasteiger partial charge >= 0.3 is 0 Å². The summed E-state index contributed by atoms with van der Waals surface area (Å²) in [6, 6.07) is 0. The van der Waals surface area contributed by atoms with Gasteiger partial charge in [0, 0.05) is 38.3 Å². The summed E-state index contributed by atoms with van der Waals surface area (Å²) in [4.78, 5) is 0. The van der Waals surface area contributed by atoms with Crippen LogP contribution in [0.3, 0.4) is 0 Å². The molecule has 1 aromatic rings. The molecule has 2 aliphatic heterocycles. The zero-order chi connectivity index (χ0) is 14.0. The summed E-state index contributed by atoms with van der Waals surface area (Å²) >= 11 is 0. The molecular weight excluding hydrogens is 280 g/mol. The van der Waals surface area contributed by atoms with Gasteiger partial charge in [0.15, 0.2) is 0 Å². The van der Waals surface area contributed by atoms with E-state index in [9.17, 15) is 8.42 Å². The maximum atomic E-state index is 12.6. The largest absolute Gasteiger partial charge is 0.379 e. The van der Waals surface area contributed by atoms with Gasteiger partial charge in [-0.2, -0.15) is 22.1 Å². The van der Waals surface area contributed by atoms with Crippen LogP contribution < -0.4 is 0 Å². The van der Waals surface area contributed by atoms with Crippen molar-refractivity contribution in [2.75, 3.05) is 39.4 Å². The number of H-pyrrole nitrogens is 1. The predicted octanol–water partition coefficient (Wildman–Crippen LogP) is 0.166. The van der Waals surface area contributed by atoms with E-state index in [-0.39, 0.29) is 5.92 Å². The van der Waals surface area contributed by atoms with E-state index in [0.29, 0.717) is 39.4 Å². The van der Waals surface area contributed by atoms with E-state index in [4.69, 9.17) is 4.74 Å². The summed E-state index contributed by atoms with van der Waals surface area (Å²) in [5, 5.41) is 6.75. The fourth-order valence-corrected chi connectivity index (χ4v) is 4.51. The minimum Gasteiger partial charge on any atom is -0.379 e. The first-order valence-corrected chi connectivity index (χ1v) is 8.39. The summed E-state index contributed by atoms with van der Waals surface area (Å²) < 4.78 is 33.6. The molecule has 0 amide bonds. The van der Waals surface area contributed by atoms with Gasteiger partial charge in [0.05, 0.1) is 19.4 Å². The minimum atomic E-state index is -3.35. The molecule has 1 N–H and O–H groups in total. The molecule has 0 saturated carbocycles. The predicted molar refractivity (Wildman–Crippen MR) is 73.4 cm³/mol. The van der Waals surface area contributed by atoms with E-state index in [1.54, 1.807) is 10.5 Å². The Kier molecular flexibility index (Phi) is 4.06. The second-order valence-electron chi connectivity index (χ2n) is 5.25. The number of hydrogen-bond acceptors (Lipinski definition) is 4. The molecule has 0 unspecified atom stereocenters. The van der Waals surface area contributed by atoms with E-state index in [2.05, 4.69) is 10.2 Å². The minimum absolute atomic E-state index is 0.235. The van der Waals surface area contributed by atoms with E-state index < -0.39 is 10.2 Å². The number of aromatic nitrogens is 2. The maximum absolute atomic E-state index is 12.6. The summed E-state index contributed by atoms with van der Waals surface area (Å²) in [5.74, 6) is 0.235. The van der Waals surface area contributed by atoms with E-state index >= 15 is 0 Å². The summed E-state index contributed by atoms with van der Waals surface area (Å²) in [7, 11) is -3.35. The van der Waals surface area contributed by atoms with Crippen molar-refractivity contribution >= 4 is 10.2 Å². The molecule has 3 rings (SSSR count).